The van der Waals surface area contributed by atoms with Crippen molar-refractivity contribution in [1.29, 1.82) is 0 Å². The van der Waals surface area contributed by atoms with Gasteiger partial charge in [0.1, 0.15) is 5.82 Å². The van der Waals surface area contributed by atoms with E-state index in [0.29, 0.717) is 6.54 Å². The van der Waals surface area contributed by atoms with E-state index in [0.717, 1.165) is 18.7 Å². The van der Waals surface area contributed by atoms with Gasteiger partial charge in [-0.2, -0.15) is 0 Å². The molecule has 0 aliphatic heterocycles. The van der Waals surface area contributed by atoms with Crippen LogP contribution in [0.15, 0.2) is 12.4 Å². The lowest BCUT2D eigenvalue weighted by molar-refractivity contribution is -0.135. The Morgan fingerprint density at radius 3 is 2.67 bits per heavy atom. The fourth-order valence-electron chi connectivity index (χ4n) is 1.64. The van der Waals surface area contributed by atoms with Gasteiger partial charge in [0.15, 0.2) is 0 Å². The lowest BCUT2D eigenvalue weighted by Crippen LogP contribution is -2.32. The Balaban J connectivity index is 2.53. The summed E-state index contributed by atoms with van der Waals surface area (Å²) < 4.78 is 0. The standard InChI is InChI=1S/C11H19N3O/c1-4-9(5-2)11(15)14(3)8-10-12-6-7-13-10/h6-7,9H,4-5,8H2,1-3H3,(H,12,13). The van der Waals surface area contributed by atoms with Crippen molar-refractivity contribution >= 4 is 5.91 Å². The third-order valence-corrected chi connectivity index (χ3v) is 2.65. The Bertz CT molecular complexity index is 291. The zero-order valence-electron chi connectivity index (χ0n) is 9.66. The summed E-state index contributed by atoms with van der Waals surface area (Å²) in [6.45, 7) is 4.65. The summed E-state index contributed by atoms with van der Waals surface area (Å²) in [6, 6.07) is 0. The van der Waals surface area contributed by atoms with Crippen molar-refractivity contribution in [2.24, 2.45) is 5.92 Å². The highest BCUT2D eigenvalue weighted by atomic mass is 16.2. The number of carbonyl (C=O) groups is 1. The summed E-state index contributed by atoms with van der Waals surface area (Å²) in [7, 11) is 1.82. The van der Waals surface area contributed by atoms with E-state index in [4.69, 9.17) is 0 Å². The highest BCUT2D eigenvalue weighted by Gasteiger charge is 2.18. The van der Waals surface area contributed by atoms with Crippen molar-refractivity contribution in [2.75, 3.05) is 7.05 Å². The number of H-pyrrole nitrogens is 1. The number of carbonyl (C=O) groups excluding carboxylic acids is 1. The summed E-state index contributed by atoms with van der Waals surface area (Å²) >= 11 is 0. The third-order valence-electron chi connectivity index (χ3n) is 2.65. The first-order valence-electron chi connectivity index (χ1n) is 5.42. The van der Waals surface area contributed by atoms with E-state index < -0.39 is 0 Å². The second-order valence-corrected chi connectivity index (χ2v) is 3.74. The van der Waals surface area contributed by atoms with E-state index in [1.54, 1.807) is 17.3 Å². The second-order valence-electron chi connectivity index (χ2n) is 3.74. The second kappa shape index (κ2) is 5.53. The SMILES string of the molecule is CCC(CC)C(=O)N(C)Cc1ncc[nH]1. The molecule has 0 saturated heterocycles. The van der Waals surface area contributed by atoms with Crippen LogP contribution in [0.4, 0.5) is 0 Å². The Morgan fingerprint density at radius 2 is 2.20 bits per heavy atom. The van der Waals surface area contributed by atoms with Crippen LogP contribution in [0.3, 0.4) is 0 Å². The summed E-state index contributed by atoms with van der Waals surface area (Å²) in [5.74, 6) is 1.18. The van der Waals surface area contributed by atoms with Crippen LogP contribution in [0.1, 0.15) is 32.5 Å². The van der Waals surface area contributed by atoms with Crippen LogP contribution in [0.5, 0.6) is 0 Å². The van der Waals surface area contributed by atoms with Crippen molar-refractivity contribution in [3.8, 4) is 0 Å². The highest BCUT2D eigenvalue weighted by molar-refractivity contribution is 5.78. The molecule has 4 nitrogen and oxygen atoms in total. The molecule has 84 valence electrons. The van der Waals surface area contributed by atoms with Crippen LogP contribution in [-0.2, 0) is 11.3 Å². The number of aromatic amines is 1. The summed E-state index contributed by atoms with van der Waals surface area (Å²) in [5.41, 5.74) is 0. The number of hydrogen-bond acceptors (Lipinski definition) is 2. The van der Waals surface area contributed by atoms with Crippen LogP contribution in [0, 0.1) is 5.92 Å². The maximum atomic E-state index is 11.9. The molecular weight excluding hydrogens is 190 g/mol. The minimum absolute atomic E-state index is 0.143. The first-order chi connectivity index (χ1) is 7.19. The fourth-order valence-corrected chi connectivity index (χ4v) is 1.64. The predicted octanol–water partition coefficient (Wildman–Crippen LogP) is 1.80. The Labute approximate surface area is 90.7 Å². The molecule has 0 aromatic carbocycles. The smallest absolute Gasteiger partial charge is 0.225 e. The van der Waals surface area contributed by atoms with Crippen LogP contribution < -0.4 is 0 Å². The molecule has 1 amide bonds. The van der Waals surface area contributed by atoms with Crippen molar-refractivity contribution in [2.45, 2.75) is 33.2 Å². The lowest BCUT2D eigenvalue weighted by Gasteiger charge is -2.21. The fraction of sp³-hybridized carbons (Fsp3) is 0.636. The van der Waals surface area contributed by atoms with E-state index in [9.17, 15) is 4.79 Å². The molecule has 0 unspecified atom stereocenters. The molecule has 1 N–H and O–H groups in total. The number of nitrogens with zero attached hydrogens (tertiary/aromatic N) is 2. The molecule has 0 fully saturated rings. The van der Waals surface area contributed by atoms with Crippen LogP contribution in [0.25, 0.3) is 0 Å². The van der Waals surface area contributed by atoms with Crippen LogP contribution >= 0.6 is 0 Å². The average molecular weight is 209 g/mol. The minimum Gasteiger partial charge on any atom is -0.347 e. The van der Waals surface area contributed by atoms with E-state index in [1.807, 2.05) is 20.9 Å². The van der Waals surface area contributed by atoms with Gasteiger partial charge in [0, 0.05) is 25.4 Å². The average Bonchev–Trinajstić information content (AvgIpc) is 2.72. The monoisotopic (exact) mass is 209 g/mol. The van der Waals surface area contributed by atoms with Gasteiger partial charge in [-0.3, -0.25) is 4.79 Å². The Morgan fingerprint density at radius 1 is 1.53 bits per heavy atom. The zero-order chi connectivity index (χ0) is 11.3. The van der Waals surface area contributed by atoms with Crippen LogP contribution in [0.2, 0.25) is 0 Å². The molecule has 15 heavy (non-hydrogen) atoms. The first-order valence-corrected chi connectivity index (χ1v) is 5.42. The van der Waals surface area contributed by atoms with Gasteiger partial charge in [-0.25, -0.2) is 4.98 Å². The van der Waals surface area contributed by atoms with E-state index in [-0.39, 0.29) is 11.8 Å². The lowest BCUT2D eigenvalue weighted by atomic mass is 10.0. The first kappa shape index (κ1) is 11.8. The molecule has 1 rings (SSSR count). The summed E-state index contributed by atoms with van der Waals surface area (Å²) in [6.07, 6.45) is 5.27. The molecule has 0 aliphatic carbocycles. The molecule has 1 aromatic heterocycles. The van der Waals surface area contributed by atoms with Gasteiger partial charge in [0.25, 0.3) is 0 Å². The number of aromatic nitrogens is 2. The summed E-state index contributed by atoms with van der Waals surface area (Å²) in [5, 5.41) is 0. The van der Waals surface area contributed by atoms with Gasteiger partial charge in [-0.15, -0.1) is 0 Å². The quantitative estimate of drug-likeness (QED) is 0.804. The third kappa shape index (κ3) is 3.08. The number of hydrogen-bond donors (Lipinski definition) is 1. The van der Waals surface area contributed by atoms with Crippen molar-refractivity contribution < 1.29 is 4.79 Å². The highest BCUT2D eigenvalue weighted by Crippen LogP contribution is 2.11. The Kier molecular flexibility index (Phi) is 4.34. The molecule has 0 aliphatic rings. The number of imidazole rings is 1. The normalized spacial score (nSPS) is 10.7. The van der Waals surface area contributed by atoms with E-state index in [1.165, 1.54) is 0 Å². The van der Waals surface area contributed by atoms with Gasteiger partial charge in [0.05, 0.1) is 6.54 Å². The predicted molar refractivity (Wildman–Crippen MR) is 59.1 cm³/mol. The van der Waals surface area contributed by atoms with Gasteiger partial charge < -0.3 is 9.88 Å². The molecule has 0 spiro atoms. The largest absolute Gasteiger partial charge is 0.347 e. The minimum atomic E-state index is 0.143. The molecule has 0 atom stereocenters. The molecule has 1 heterocycles. The molecule has 0 bridgehead atoms. The molecule has 4 heteroatoms. The molecule has 0 saturated carbocycles. The maximum absolute atomic E-state index is 11.9. The van der Waals surface area contributed by atoms with Crippen molar-refractivity contribution in [3.05, 3.63) is 18.2 Å². The van der Waals surface area contributed by atoms with Gasteiger partial charge in [0.2, 0.25) is 5.91 Å². The zero-order valence-corrected chi connectivity index (χ0v) is 9.66. The molecule has 0 radical (unpaired) electrons. The van der Waals surface area contributed by atoms with Crippen molar-refractivity contribution in [1.82, 2.24) is 14.9 Å². The van der Waals surface area contributed by atoms with Gasteiger partial charge in [-0.1, -0.05) is 13.8 Å². The Hall–Kier alpha value is -1.32. The maximum Gasteiger partial charge on any atom is 0.225 e. The van der Waals surface area contributed by atoms with E-state index >= 15 is 0 Å². The molecule has 1 aromatic rings. The number of rotatable bonds is 5. The summed E-state index contributed by atoms with van der Waals surface area (Å²) in [4.78, 5) is 20.7. The number of nitrogens with one attached hydrogen (secondary N) is 1. The van der Waals surface area contributed by atoms with E-state index in [2.05, 4.69) is 9.97 Å². The van der Waals surface area contributed by atoms with Crippen LogP contribution in [-0.4, -0.2) is 27.8 Å². The van der Waals surface area contributed by atoms with Crippen molar-refractivity contribution in [3.63, 3.8) is 0 Å². The van der Waals surface area contributed by atoms with Gasteiger partial charge >= 0.3 is 0 Å². The number of amides is 1. The topological polar surface area (TPSA) is 49.0 Å². The van der Waals surface area contributed by atoms with Gasteiger partial charge in [-0.05, 0) is 12.8 Å². The molecular formula is C11H19N3O.